The number of rotatable bonds is 8. The Hall–Kier alpha value is -1.72. The summed E-state index contributed by atoms with van der Waals surface area (Å²) in [4.78, 5) is 25.8. The fourth-order valence-corrected chi connectivity index (χ4v) is 3.75. The molecule has 1 aromatic rings. The van der Waals surface area contributed by atoms with Crippen molar-refractivity contribution in [2.45, 2.75) is 70.9 Å². The molecule has 1 unspecified atom stereocenters. The van der Waals surface area contributed by atoms with Crippen LogP contribution in [0.4, 0.5) is 0 Å². The molecule has 1 fully saturated rings. The summed E-state index contributed by atoms with van der Waals surface area (Å²) < 4.78 is 11.6. The average Bonchev–Trinajstić information content (AvgIpc) is 2.69. The average molecular weight is 376 g/mol. The second-order valence-corrected chi connectivity index (χ2v) is 7.76. The van der Waals surface area contributed by atoms with Gasteiger partial charge in [0.1, 0.15) is 6.04 Å². The van der Waals surface area contributed by atoms with E-state index in [2.05, 4.69) is 0 Å². The van der Waals surface area contributed by atoms with Gasteiger partial charge in [0.05, 0.1) is 0 Å². The fourth-order valence-electron chi connectivity index (χ4n) is 3.75. The lowest BCUT2D eigenvalue weighted by Gasteiger charge is -2.40. The maximum absolute atomic E-state index is 13.4. The SMILES string of the molecule is CCCOC(C(=O)OC(=O)[C@H](N)C(C)C)(c1ccccc1)C1CCCCC1. The fraction of sp³-hybridized carbons (Fsp3) is 0.636. The molecule has 1 aliphatic carbocycles. The number of hydrogen-bond acceptors (Lipinski definition) is 5. The zero-order valence-electron chi connectivity index (χ0n) is 16.8. The highest BCUT2D eigenvalue weighted by atomic mass is 16.6. The van der Waals surface area contributed by atoms with E-state index in [1.54, 1.807) is 0 Å². The lowest BCUT2D eigenvalue weighted by Crippen LogP contribution is -2.50. The number of benzene rings is 1. The normalized spacial score (nSPS) is 18.7. The highest BCUT2D eigenvalue weighted by Gasteiger charge is 2.51. The Morgan fingerprint density at radius 2 is 1.78 bits per heavy atom. The van der Waals surface area contributed by atoms with E-state index in [0.717, 1.165) is 44.1 Å². The molecule has 2 atom stereocenters. The standard InChI is InChI=1S/C22H33NO4/c1-4-15-26-22(17-11-7-5-8-12-17,18-13-9-6-10-14-18)21(25)27-20(24)19(23)16(2)3/h5,7-8,11-12,16,18-19H,4,6,9-10,13-15,23H2,1-3H3/t19-,22?/m1/s1. The van der Waals surface area contributed by atoms with Gasteiger partial charge in [0.2, 0.25) is 0 Å². The van der Waals surface area contributed by atoms with E-state index in [9.17, 15) is 9.59 Å². The van der Waals surface area contributed by atoms with Gasteiger partial charge >= 0.3 is 11.9 Å². The van der Waals surface area contributed by atoms with Gasteiger partial charge in [-0.2, -0.15) is 0 Å². The Kier molecular flexibility index (Phi) is 7.99. The largest absolute Gasteiger partial charge is 0.390 e. The Labute approximate surface area is 162 Å². The van der Waals surface area contributed by atoms with Gasteiger partial charge in [0.25, 0.3) is 0 Å². The monoisotopic (exact) mass is 375 g/mol. The van der Waals surface area contributed by atoms with Gasteiger partial charge in [-0.1, -0.05) is 70.4 Å². The van der Waals surface area contributed by atoms with Gasteiger partial charge in [-0.3, -0.25) is 0 Å². The van der Waals surface area contributed by atoms with E-state index in [1.165, 1.54) is 0 Å². The summed E-state index contributed by atoms with van der Waals surface area (Å²) in [6.07, 6.45) is 5.76. The number of hydrogen-bond donors (Lipinski definition) is 1. The van der Waals surface area contributed by atoms with E-state index in [4.69, 9.17) is 15.2 Å². The van der Waals surface area contributed by atoms with E-state index < -0.39 is 23.6 Å². The highest BCUT2D eigenvalue weighted by Crippen LogP contribution is 2.43. The molecule has 1 aromatic carbocycles. The van der Waals surface area contributed by atoms with Crippen molar-refractivity contribution in [3.8, 4) is 0 Å². The van der Waals surface area contributed by atoms with Crippen LogP contribution in [-0.2, 0) is 24.7 Å². The minimum absolute atomic E-state index is 0.0178. The molecule has 5 nitrogen and oxygen atoms in total. The third-order valence-corrected chi connectivity index (χ3v) is 5.40. The summed E-state index contributed by atoms with van der Waals surface area (Å²) in [6, 6.07) is 8.62. The third kappa shape index (κ3) is 4.96. The summed E-state index contributed by atoms with van der Waals surface area (Å²) in [5, 5.41) is 0. The molecule has 150 valence electrons. The lowest BCUT2D eigenvalue weighted by atomic mass is 9.73. The molecule has 0 spiro atoms. The van der Waals surface area contributed by atoms with E-state index in [0.29, 0.717) is 6.61 Å². The maximum atomic E-state index is 13.4. The van der Waals surface area contributed by atoms with Crippen LogP contribution in [-0.4, -0.2) is 24.6 Å². The predicted molar refractivity (Wildman–Crippen MR) is 105 cm³/mol. The van der Waals surface area contributed by atoms with Crippen LogP contribution in [0.1, 0.15) is 64.9 Å². The first-order chi connectivity index (χ1) is 12.9. The van der Waals surface area contributed by atoms with Crippen molar-refractivity contribution in [3.05, 3.63) is 35.9 Å². The highest BCUT2D eigenvalue weighted by molar-refractivity contribution is 5.93. The van der Waals surface area contributed by atoms with Gasteiger partial charge in [-0.25, -0.2) is 9.59 Å². The van der Waals surface area contributed by atoms with E-state index in [1.807, 2.05) is 51.1 Å². The molecule has 0 amide bonds. The molecule has 0 aliphatic heterocycles. The second-order valence-electron chi connectivity index (χ2n) is 7.76. The summed E-state index contributed by atoms with van der Waals surface area (Å²) in [5.41, 5.74) is 5.39. The molecule has 1 saturated carbocycles. The zero-order chi connectivity index (χ0) is 19.9. The van der Waals surface area contributed by atoms with Crippen molar-refractivity contribution in [1.29, 1.82) is 0 Å². The molecule has 27 heavy (non-hydrogen) atoms. The van der Waals surface area contributed by atoms with Crippen molar-refractivity contribution in [2.24, 2.45) is 17.6 Å². The molecular weight excluding hydrogens is 342 g/mol. The summed E-state index contributed by atoms with van der Waals surface area (Å²) in [6.45, 7) is 6.08. The molecular formula is C22H33NO4. The molecule has 5 heteroatoms. The second kappa shape index (κ2) is 10.00. The topological polar surface area (TPSA) is 78.6 Å². The first-order valence-electron chi connectivity index (χ1n) is 10.1. The van der Waals surface area contributed by atoms with Gasteiger partial charge in [-0.15, -0.1) is 0 Å². The third-order valence-electron chi connectivity index (χ3n) is 5.40. The van der Waals surface area contributed by atoms with Crippen LogP contribution in [0.5, 0.6) is 0 Å². The predicted octanol–water partition coefficient (Wildman–Crippen LogP) is 3.94. The summed E-state index contributed by atoms with van der Waals surface area (Å²) >= 11 is 0. The van der Waals surface area contributed by atoms with Crippen LogP contribution in [0.3, 0.4) is 0 Å². The van der Waals surface area contributed by atoms with Crippen molar-refractivity contribution < 1.29 is 19.1 Å². The van der Waals surface area contributed by atoms with Gasteiger partial charge < -0.3 is 15.2 Å². The van der Waals surface area contributed by atoms with Crippen LogP contribution >= 0.6 is 0 Å². The first-order valence-corrected chi connectivity index (χ1v) is 10.1. The quantitative estimate of drug-likeness (QED) is 0.550. The Morgan fingerprint density at radius 1 is 1.15 bits per heavy atom. The number of carbonyl (C=O) groups is 2. The van der Waals surface area contributed by atoms with Crippen molar-refractivity contribution in [2.75, 3.05) is 6.61 Å². The van der Waals surface area contributed by atoms with E-state index >= 15 is 0 Å². The molecule has 2 rings (SSSR count). The van der Waals surface area contributed by atoms with Crippen molar-refractivity contribution in [1.82, 2.24) is 0 Å². The lowest BCUT2D eigenvalue weighted by molar-refractivity contribution is -0.191. The van der Waals surface area contributed by atoms with Gasteiger partial charge in [-0.05, 0) is 30.7 Å². The number of ether oxygens (including phenoxy) is 2. The Balaban J connectivity index is 2.42. The van der Waals surface area contributed by atoms with Crippen molar-refractivity contribution >= 4 is 11.9 Å². The van der Waals surface area contributed by atoms with Crippen molar-refractivity contribution in [3.63, 3.8) is 0 Å². The smallest absolute Gasteiger partial charge is 0.351 e. The number of esters is 2. The maximum Gasteiger partial charge on any atom is 0.351 e. The summed E-state index contributed by atoms with van der Waals surface area (Å²) in [7, 11) is 0. The van der Waals surface area contributed by atoms with Crippen LogP contribution < -0.4 is 5.73 Å². The molecule has 0 radical (unpaired) electrons. The minimum Gasteiger partial charge on any atom is -0.390 e. The van der Waals surface area contributed by atoms with Crippen LogP contribution in [0.15, 0.2) is 30.3 Å². The van der Waals surface area contributed by atoms with Gasteiger partial charge in [0.15, 0.2) is 5.60 Å². The van der Waals surface area contributed by atoms with Crippen LogP contribution in [0, 0.1) is 11.8 Å². The molecule has 0 bridgehead atoms. The van der Waals surface area contributed by atoms with Crippen LogP contribution in [0.2, 0.25) is 0 Å². The minimum atomic E-state index is -1.26. The zero-order valence-corrected chi connectivity index (χ0v) is 16.8. The molecule has 2 N–H and O–H groups in total. The Bertz CT molecular complexity index is 610. The summed E-state index contributed by atoms with van der Waals surface area (Å²) in [5.74, 6) is -1.44. The first kappa shape index (κ1) is 21.6. The molecule has 0 aromatic heterocycles. The number of carbonyl (C=O) groups excluding carboxylic acids is 2. The Morgan fingerprint density at radius 3 is 2.33 bits per heavy atom. The molecule has 0 heterocycles. The molecule has 0 saturated heterocycles. The van der Waals surface area contributed by atoms with E-state index in [-0.39, 0.29) is 11.8 Å². The number of nitrogens with two attached hydrogens (primary N) is 1. The van der Waals surface area contributed by atoms with Crippen LogP contribution in [0.25, 0.3) is 0 Å². The van der Waals surface area contributed by atoms with Gasteiger partial charge in [0, 0.05) is 12.5 Å². The molecule has 1 aliphatic rings.